The normalized spacial score (nSPS) is 22.1. The van der Waals surface area contributed by atoms with Crippen LogP contribution in [-0.4, -0.2) is 37.3 Å². The van der Waals surface area contributed by atoms with E-state index < -0.39 is 9.73 Å². The predicted molar refractivity (Wildman–Crippen MR) is 111 cm³/mol. The molecule has 1 aromatic carbocycles. The van der Waals surface area contributed by atoms with Crippen LogP contribution in [-0.2, 0) is 9.73 Å². The molecule has 0 saturated carbocycles. The maximum atomic E-state index is 12.0. The lowest BCUT2D eigenvalue weighted by Crippen LogP contribution is -2.28. The minimum Gasteiger partial charge on any atom is -0.493 e. The monoisotopic (exact) mass is 417 g/mol. The Labute approximate surface area is 168 Å². The van der Waals surface area contributed by atoms with Crippen molar-refractivity contribution < 1.29 is 8.95 Å². The molecule has 2 N–H and O–H groups in total. The quantitative estimate of drug-likeness (QED) is 0.601. The molecule has 9 heteroatoms. The van der Waals surface area contributed by atoms with Crippen LogP contribution >= 0.6 is 11.6 Å². The highest BCUT2D eigenvalue weighted by atomic mass is 35.5. The van der Waals surface area contributed by atoms with Crippen LogP contribution in [0.4, 0.5) is 11.5 Å². The predicted octanol–water partition coefficient (Wildman–Crippen LogP) is 4.26. The Morgan fingerprint density at radius 3 is 2.86 bits per heavy atom. The van der Waals surface area contributed by atoms with Crippen molar-refractivity contribution in [1.29, 1.82) is 4.78 Å². The van der Waals surface area contributed by atoms with E-state index in [1.165, 1.54) is 0 Å². The molecule has 0 unspecified atom stereocenters. The van der Waals surface area contributed by atoms with Gasteiger partial charge in [-0.15, -0.1) is 0 Å². The van der Waals surface area contributed by atoms with Crippen molar-refractivity contribution in [2.24, 2.45) is 5.92 Å². The maximum absolute atomic E-state index is 12.0. The first kappa shape index (κ1) is 18.9. The summed E-state index contributed by atoms with van der Waals surface area (Å²) < 4.78 is 25.7. The number of rotatable bonds is 5. The Morgan fingerprint density at radius 2 is 2.07 bits per heavy atom. The van der Waals surface area contributed by atoms with E-state index in [9.17, 15) is 4.21 Å². The standard InChI is InChI=1S/C19H20ClN5O2S/c20-19-23-9-15(10-24-19)25-18-17-4-3-16(8-14(17)5-6-22-18)27-11-13-2-1-7-28(21,26)12-13/h3-6,8-10,13,21H,1-2,7,11-12H2,(H,22,25)/t13-,28+/m0/s1. The number of anilines is 2. The van der Waals surface area contributed by atoms with Crippen molar-refractivity contribution >= 4 is 43.6 Å². The van der Waals surface area contributed by atoms with Gasteiger partial charge in [-0.05, 0) is 54.1 Å². The molecule has 2 atom stereocenters. The molecule has 1 aliphatic heterocycles. The van der Waals surface area contributed by atoms with Gasteiger partial charge < -0.3 is 10.1 Å². The molecule has 2 aromatic heterocycles. The van der Waals surface area contributed by atoms with Gasteiger partial charge in [-0.1, -0.05) is 0 Å². The van der Waals surface area contributed by atoms with Crippen LogP contribution in [0.15, 0.2) is 42.9 Å². The molecule has 146 valence electrons. The summed E-state index contributed by atoms with van der Waals surface area (Å²) in [7, 11) is -2.42. The summed E-state index contributed by atoms with van der Waals surface area (Å²) in [5.41, 5.74) is 0.695. The van der Waals surface area contributed by atoms with Crippen molar-refractivity contribution in [3.05, 3.63) is 48.1 Å². The number of aromatic nitrogens is 3. The van der Waals surface area contributed by atoms with E-state index in [0.717, 1.165) is 29.4 Å². The number of nitrogens with one attached hydrogen (secondary N) is 2. The van der Waals surface area contributed by atoms with Gasteiger partial charge in [-0.25, -0.2) is 19.2 Å². The van der Waals surface area contributed by atoms with Crippen molar-refractivity contribution in [2.75, 3.05) is 23.4 Å². The van der Waals surface area contributed by atoms with Gasteiger partial charge in [-0.2, -0.15) is 0 Å². The van der Waals surface area contributed by atoms with Gasteiger partial charge in [0, 0.05) is 38.7 Å². The summed E-state index contributed by atoms with van der Waals surface area (Å²) >= 11 is 5.72. The molecule has 0 bridgehead atoms. The smallest absolute Gasteiger partial charge is 0.222 e. The molecule has 4 rings (SSSR count). The highest BCUT2D eigenvalue weighted by Crippen LogP contribution is 2.28. The maximum Gasteiger partial charge on any atom is 0.222 e. The molecule has 1 aliphatic rings. The summed E-state index contributed by atoms with van der Waals surface area (Å²) in [6.45, 7) is 0.486. The number of pyridine rings is 1. The summed E-state index contributed by atoms with van der Waals surface area (Å²) in [6.07, 6.45) is 6.72. The van der Waals surface area contributed by atoms with E-state index in [1.54, 1.807) is 18.6 Å². The van der Waals surface area contributed by atoms with E-state index in [-0.39, 0.29) is 11.2 Å². The number of hydrogen-bond acceptors (Lipinski definition) is 7. The van der Waals surface area contributed by atoms with Crippen molar-refractivity contribution in [2.45, 2.75) is 12.8 Å². The second-order valence-electron chi connectivity index (χ2n) is 6.91. The molecular weight excluding hydrogens is 398 g/mol. The molecule has 0 radical (unpaired) electrons. The SMILES string of the molecule is N=[S@@]1(=O)CCC[C@@H](COc2ccc3c(Nc4cnc(Cl)nc4)nccc3c2)C1. The first-order chi connectivity index (χ1) is 13.5. The summed E-state index contributed by atoms with van der Waals surface area (Å²) in [6, 6.07) is 7.73. The fraction of sp³-hybridized carbons (Fsp3) is 0.316. The zero-order valence-electron chi connectivity index (χ0n) is 15.1. The lowest BCUT2D eigenvalue weighted by atomic mass is 10.1. The number of hydrogen-bond donors (Lipinski definition) is 2. The van der Waals surface area contributed by atoms with E-state index in [4.69, 9.17) is 21.1 Å². The third kappa shape index (κ3) is 4.51. The van der Waals surface area contributed by atoms with Crippen molar-refractivity contribution in [1.82, 2.24) is 15.0 Å². The van der Waals surface area contributed by atoms with Crippen LogP contribution in [0.25, 0.3) is 10.8 Å². The molecule has 0 aliphatic carbocycles. The second kappa shape index (κ2) is 7.89. The third-order valence-corrected chi connectivity index (χ3v) is 6.85. The molecule has 7 nitrogen and oxygen atoms in total. The minimum absolute atomic E-state index is 0.175. The lowest BCUT2D eigenvalue weighted by Gasteiger charge is -2.23. The van der Waals surface area contributed by atoms with E-state index in [0.29, 0.717) is 29.6 Å². The highest BCUT2D eigenvalue weighted by Gasteiger charge is 2.22. The fourth-order valence-corrected chi connectivity index (χ4v) is 5.28. The number of fused-ring (bicyclic) bond motifs is 1. The number of halogens is 1. The number of benzene rings is 1. The summed E-state index contributed by atoms with van der Waals surface area (Å²) in [5, 5.41) is 5.32. The molecule has 1 saturated heterocycles. The number of nitrogens with zero attached hydrogens (tertiary/aromatic N) is 3. The van der Waals surface area contributed by atoms with Crippen LogP contribution in [0.3, 0.4) is 0 Å². The molecule has 3 heterocycles. The van der Waals surface area contributed by atoms with E-state index in [2.05, 4.69) is 20.3 Å². The van der Waals surface area contributed by atoms with Crippen LogP contribution in [0, 0.1) is 10.7 Å². The fourth-order valence-electron chi connectivity index (χ4n) is 3.36. The summed E-state index contributed by atoms with van der Waals surface area (Å²) in [4.78, 5) is 12.3. The molecule has 0 spiro atoms. The van der Waals surface area contributed by atoms with Gasteiger partial charge in [0.25, 0.3) is 0 Å². The highest BCUT2D eigenvalue weighted by molar-refractivity contribution is 7.92. The molecule has 3 aromatic rings. The van der Waals surface area contributed by atoms with Gasteiger partial charge in [-0.3, -0.25) is 4.78 Å². The van der Waals surface area contributed by atoms with Crippen LogP contribution in [0.1, 0.15) is 12.8 Å². The Hall–Kier alpha value is -2.45. The van der Waals surface area contributed by atoms with E-state index in [1.807, 2.05) is 24.3 Å². The molecule has 1 fully saturated rings. The van der Waals surface area contributed by atoms with Crippen LogP contribution < -0.4 is 10.1 Å². The molecule has 0 amide bonds. The topological polar surface area (TPSA) is 101 Å². The Balaban J connectivity index is 1.49. The average molecular weight is 418 g/mol. The second-order valence-corrected chi connectivity index (χ2v) is 9.61. The minimum atomic E-state index is -2.42. The molecular formula is C19H20ClN5O2S. The Kier molecular flexibility index (Phi) is 5.32. The zero-order valence-corrected chi connectivity index (χ0v) is 16.7. The van der Waals surface area contributed by atoms with E-state index >= 15 is 0 Å². The Morgan fingerprint density at radius 1 is 1.25 bits per heavy atom. The number of ether oxygens (including phenoxy) is 1. The van der Waals surface area contributed by atoms with Crippen LogP contribution in [0.5, 0.6) is 5.75 Å². The van der Waals surface area contributed by atoms with Crippen molar-refractivity contribution in [3.8, 4) is 5.75 Å². The lowest BCUT2D eigenvalue weighted by molar-refractivity contribution is 0.251. The van der Waals surface area contributed by atoms with Gasteiger partial charge in [0.1, 0.15) is 11.6 Å². The third-order valence-electron chi connectivity index (χ3n) is 4.70. The largest absolute Gasteiger partial charge is 0.493 e. The van der Waals surface area contributed by atoms with Gasteiger partial charge in [0.15, 0.2) is 0 Å². The van der Waals surface area contributed by atoms with Gasteiger partial charge in [0.2, 0.25) is 5.28 Å². The van der Waals surface area contributed by atoms with Crippen LogP contribution in [0.2, 0.25) is 5.28 Å². The van der Waals surface area contributed by atoms with Gasteiger partial charge >= 0.3 is 0 Å². The van der Waals surface area contributed by atoms with Gasteiger partial charge in [0.05, 0.1) is 24.7 Å². The first-order valence-corrected chi connectivity index (χ1v) is 11.3. The summed E-state index contributed by atoms with van der Waals surface area (Å²) in [5.74, 6) is 2.56. The molecule has 28 heavy (non-hydrogen) atoms. The zero-order chi connectivity index (χ0) is 19.6. The first-order valence-electron chi connectivity index (χ1n) is 8.99. The van der Waals surface area contributed by atoms with Crippen molar-refractivity contribution in [3.63, 3.8) is 0 Å². The Bertz CT molecular complexity index is 1090. The average Bonchev–Trinajstić information content (AvgIpc) is 2.67.